The monoisotopic (exact) mass is 367 g/mol. The van der Waals surface area contributed by atoms with Crippen LogP contribution >= 0.6 is 0 Å². The van der Waals surface area contributed by atoms with Gasteiger partial charge in [-0.1, -0.05) is 6.92 Å². The van der Waals surface area contributed by atoms with Crippen molar-refractivity contribution >= 4 is 17.5 Å². The van der Waals surface area contributed by atoms with Gasteiger partial charge in [0.25, 0.3) is 5.91 Å². The number of carbonyl (C=O) groups is 1. The first kappa shape index (κ1) is 17.6. The maximum Gasteiger partial charge on any atom is 0.291 e. The van der Waals surface area contributed by atoms with Crippen molar-refractivity contribution in [2.24, 2.45) is 5.92 Å². The summed E-state index contributed by atoms with van der Waals surface area (Å²) in [6.45, 7) is 7.13. The highest BCUT2D eigenvalue weighted by Crippen LogP contribution is 2.22. The van der Waals surface area contributed by atoms with E-state index in [4.69, 9.17) is 0 Å². The van der Waals surface area contributed by atoms with E-state index in [-0.39, 0.29) is 11.7 Å². The Morgan fingerprint density at radius 2 is 1.44 bits per heavy atom. The fraction of sp³-hybridized carbons (Fsp3) is 0.526. The summed E-state index contributed by atoms with van der Waals surface area (Å²) in [4.78, 5) is 26.8. The fourth-order valence-electron chi connectivity index (χ4n) is 3.58. The molecule has 2 saturated heterocycles. The van der Waals surface area contributed by atoms with Crippen LogP contribution in [0.3, 0.4) is 0 Å². The molecule has 2 aromatic heterocycles. The van der Waals surface area contributed by atoms with Gasteiger partial charge in [0.15, 0.2) is 11.6 Å². The van der Waals surface area contributed by atoms with Gasteiger partial charge in [0.2, 0.25) is 5.82 Å². The van der Waals surface area contributed by atoms with E-state index in [1.807, 2.05) is 6.07 Å². The molecule has 4 heterocycles. The lowest BCUT2D eigenvalue weighted by Crippen LogP contribution is -2.49. The van der Waals surface area contributed by atoms with Crippen LogP contribution in [0.25, 0.3) is 0 Å². The summed E-state index contributed by atoms with van der Waals surface area (Å²) < 4.78 is 0. The maximum absolute atomic E-state index is 12.4. The molecule has 27 heavy (non-hydrogen) atoms. The summed E-state index contributed by atoms with van der Waals surface area (Å²) >= 11 is 0. The van der Waals surface area contributed by atoms with Gasteiger partial charge >= 0.3 is 0 Å². The van der Waals surface area contributed by atoms with E-state index in [9.17, 15) is 4.79 Å². The molecule has 8 heteroatoms. The van der Waals surface area contributed by atoms with Crippen molar-refractivity contribution in [2.75, 3.05) is 49.1 Å². The van der Waals surface area contributed by atoms with Crippen LogP contribution in [0.2, 0.25) is 0 Å². The average Bonchev–Trinajstić information content (AvgIpc) is 2.75. The normalized spacial score (nSPS) is 18.6. The second kappa shape index (κ2) is 7.85. The first-order chi connectivity index (χ1) is 13.2. The first-order valence-corrected chi connectivity index (χ1v) is 9.60. The summed E-state index contributed by atoms with van der Waals surface area (Å²) in [5.74, 6) is 2.77. The van der Waals surface area contributed by atoms with Crippen molar-refractivity contribution in [1.82, 2.24) is 25.1 Å². The van der Waals surface area contributed by atoms with Crippen LogP contribution in [0.4, 0.5) is 11.6 Å². The zero-order chi connectivity index (χ0) is 18.6. The third-order valence-corrected chi connectivity index (χ3v) is 5.39. The third kappa shape index (κ3) is 3.99. The Morgan fingerprint density at radius 3 is 2.00 bits per heavy atom. The molecule has 142 valence electrons. The van der Waals surface area contributed by atoms with Crippen molar-refractivity contribution in [1.29, 1.82) is 0 Å². The molecule has 0 spiro atoms. The summed E-state index contributed by atoms with van der Waals surface area (Å²) in [5.41, 5.74) is 0. The van der Waals surface area contributed by atoms with Gasteiger partial charge in [-0.2, -0.15) is 0 Å². The molecule has 4 rings (SSSR count). The zero-order valence-electron chi connectivity index (χ0n) is 15.7. The SMILES string of the molecule is CC1CCN(c2ccc(N3CCN(C(=O)c4ncccn4)CC3)nn2)CC1. The molecule has 0 N–H and O–H groups in total. The Kier molecular flexibility index (Phi) is 5.13. The molecule has 8 nitrogen and oxygen atoms in total. The lowest BCUT2D eigenvalue weighted by molar-refractivity contribution is 0.0734. The minimum absolute atomic E-state index is 0.115. The van der Waals surface area contributed by atoms with Crippen molar-refractivity contribution in [2.45, 2.75) is 19.8 Å². The number of piperazine rings is 1. The van der Waals surface area contributed by atoms with Gasteiger partial charge < -0.3 is 14.7 Å². The van der Waals surface area contributed by atoms with E-state index in [0.717, 1.165) is 43.7 Å². The highest BCUT2D eigenvalue weighted by Gasteiger charge is 2.25. The highest BCUT2D eigenvalue weighted by atomic mass is 16.2. The summed E-state index contributed by atoms with van der Waals surface area (Å²) in [5, 5.41) is 8.87. The van der Waals surface area contributed by atoms with Gasteiger partial charge in [-0.05, 0) is 37.0 Å². The molecule has 0 atom stereocenters. The molecule has 0 unspecified atom stereocenters. The van der Waals surface area contributed by atoms with Gasteiger partial charge in [-0.15, -0.1) is 10.2 Å². The van der Waals surface area contributed by atoms with Crippen LogP contribution in [0.15, 0.2) is 30.6 Å². The number of anilines is 2. The van der Waals surface area contributed by atoms with Gasteiger partial charge in [0, 0.05) is 51.7 Å². The third-order valence-electron chi connectivity index (χ3n) is 5.39. The molecule has 1 amide bonds. The molecule has 2 aromatic rings. The number of amides is 1. The van der Waals surface area contributed by atoms with E-state index in [0.29, 0.717) is 13.1 Å². The van der Waals surface area contributed by atoms with Gasteiger partial charge in [-0.3, -0.25) is 4.79 Å². The molecule has 0 aliphatic carbocycles. The minimum atomic E-state index is -0.115. The van der Waals surface area contributed by atoms with E-state index >= 15 is 0 Å². The summed E-state index contributed by atoms with van der Waals surface area (Å²) in [6.07, 6.45) is 5.61. The first-order valence-electron chi connectivity index (χ1n) is 9.60. The molecular weight excluding hydrogens is 342 g/mol. The number of hydrogen-bond acceptors (Lipinski definition) is 7. The average molecular weight is 367 g/mol. The minimum Gasteiger partial charge on any atom is -0.355 e. The van der Waals surface area contributed by atoms with Gasteiger partial charge in [0.05, 0.1) is 0 Å². The Morgan fingerprint density at radius 1 is 0.889 bits per heavy atom. The molecular formula is C19H25N7O. The van der Waals surface area contributed by atoms with Crippen LogP contribution in [-0.2, 0) is 0 Å². The number of hydrogen-bond donors (Lipinski definition) is 0. The second-order valence-corrected chi connectivity index (χ2v) is 7.27. The molecule has 0 aromatic carbocycles. The molecule has 0 bridgehead atoms. The number of rotatable bonds is 3. The fourth-order valence-corrected chi connectivity index (χ4v) is 3.58. The predicted octanol–water partition coefficient (Wildman–Crippen LogP) is 1.47. The highest BCUT2D eigenvalue weighted by molar-refractivity contribution is 5.90. The number of nitrogens with zero attached hydrogens (tertiary/aromatic N) is 7. The summed E-state index contributed by atoms with van der Waals surface area (Å²) in [6, 6.07) is 5.81. The van der Waals surface area contributed by atoms with Crippen molar-refractivity contribution in [3.8, 4) is 0 Å². The Hall–Kier alpha value is -2.77. The van der Waals surface area contributed by atoms with E-state index in [1.54, 1.807) is 23.4 Å². The zero-order valence-corrected chi connectivity index (χ0v) is 15.7. The van der Waals surface area contributed by atoms with Crippen molar-refractivity contribution in [3.05, 3.63) is 36.4 Å². The number of piperidine rings is 1. The quantitative estimate of drug-likeness (QED) is 0.813. The second-order valence-electron chi connectivity index (χ2n) is 7.27. The van der Waals surface area contributed by atoms with Crippen LogP contribution in [0.5, 0.6) is 0 Å². The number of carbonyl (C=O) groups excluding carboxylic acids is 1. The van der Waals surface area contributed by atoms with Crippen LogP contribution in [0.1, 0.15) is 30.4 Å². The standard InChI is InChI=1S/C19H25N7O/c1-15-5-9-24(10-6-15)16-3-4-17(23-22-16)25-11-13-26(14-12-25)19(27)18-20-7-2-8-21-18/h2-4,7-8,15H,5-6,9-14H2,1H3. The number of aromatic nitrogens is 4. The lowest BCUT2D eigenvalue weighted by atomic mass is 9.99. The lowest BCUT2D eigenvalue weighted by Gasteiger charge is -2.35. The Labute approximate surface area is 159 Å². The molecule has 2 fully saturated rings. The molecule has 2 aliphatic rings. The summed E-state index contributed by atoms with van der Waals surface area (Å²) in [7, 11) is 0. The van der Waals surface area contributed by atoms with E-state index in [1.165, 1.54) is 12.8 Å². The van der Waals surface area contributed by atoms with Crippen molar-refractivity contribution < 1.29 is 4.79 Å². The topological polar surface area (TPSA) is 78.4 Å². The predicted molar refractivity (Wildman–Crippen MR) is 103 cm³/mol. The van der Waals surface area contributed by atoms with Crippen LogP contribution in [0, 0.1) is 5.92 Å². The molecule has 2 aliphatic heterocycles. The van der Waals surface area contributed by atoms with E-state index < -0.39 is 0 Å². The van der Waals surface area contributed by atoms with Crippen molar-refractivity contribution in [3.63, 3.8) is 0 Å². The smallest absolute Gasteiger partial charge is 0.291 e. The van der Waals surface area contributed by atoms with E-state index in [2.05, 4.69) is 43.0 Å². The molecule has 0 saturated carbocycles. The van der Waals surface area contributed by atoms with Gasteiger partial charge in [0.1, 0.15) is 0 Å². The maximum atomic E-state index is 12.4. The Bertz CT molecular complexity index is 751. The van der Waals surface area contributed by atoms with Crippen LogP contribution < -0.4 is 9.80 Å². The van der Waals surface area contributed by atoms with Crippen LogP contribution in [-0.4, -0.2) is 70.2 Å². The van der Waals surface area contributed by atoms with Gasteiger partial charge in [-0.25, -0.2) is 9.97 Å². The largest absolute Gasteiger partial charge is 0.355 e. The Balaban J connectivity index is 1.34. The molecule has 0 radical (unpaired) electrons.